The van der Waals surface area contributed by atoms with Crippen molar-refractivity contribution in [3.05, 3.63) is 186 Å². The maximum atomic E-state index is 15.8. The first-order valence-electron chi connectivity index (χ1n) is 25.9. The molecule has 0 aliphatic rings. The number of aryl methyl sites for hydroxylation is 3. The summed E-state index contributed by atoms with van der Waals surface area (Å²) in [6, 6.07) is 52.1. The number of fused-ring (bicyclic) bond motifs is 9. The van der Waals surface area contributed by atoms with Crippen LogP contribution in [0.3, 0.4) is 0 Å². The van der Waals surface area contributed by atoms with Gasteiger partial charge in [-0.25, -0.2) is 4.98 Å². The predicted octanol–water partition coefficient (Wildman–Crippen LogP) is 17.2. The average Bonchev–Trinajstić information content (AvgIpc) is 4.09. The van der Waals surface area contributed by atoms with Crippen LogP contribution >= 0.6 is 22.7 Å². The van der Waals surface area contributed by atoms with Crippen LogP contribution in [0, 0.1) is 44.1 Å². The number of hydrogen-bond acceptors (Lipinski definition) is 5. The molecule has 0 atom stereocenters. The topological polar surface area (TPSA) is 43.6 Å². The fourth-order valence-electron chi connectivity index (χ4n) is 9.64. The van der Waals surface area contributed by atoms with Crippen LogP contribution in [0.15, 0.2) is 146 Å². The minimum absolute atomic E-state index is 0. The molecule has 0 unspecified atom stereocenters. The largest absolute Gasteiger partial charge is 0.332 e. The third-order valence-electron chi connectivity index (χ3n) is 12.8. The van der Waals surface area contributed by atoms with E-state index in [0.717, 1.165) is 75.8 Å². The van der Waals surface area contributed by atoms with Gasteiger partial charge >= 0.3 is 0 Å². The smallest absolute Gasteiger partial charge is 0.114 e. The summed E-state index contributed by atoms with van der Waals surface area (Å²) in [6.07, 6.45) is 0.269. The molecule has 0 saturated heterocycles. The molecular weight excluding hydrogens is 1100 g/mol. The number of benzene rings is 7. The van der Waals surface area contributed by atoms with Gasteiger partial charge in [-0.1, -0.05) is 149 Å². The third kappa shape index (κ3) is 8.97. The monoisotopic (exact) mass is 1160 g/mol. The van der Waals surface area contributed by atoms with E-state index in [1.165, 1.54) is 49.2 Å². The van der Waals surface area contributed by atoms with E-state index < -0.39 is 26.7 Å². The van der Waals surface area contributed by atoms with E-state index in [-0.39, 0.29) is 31.5 Å². The van der Waals surface area contributed by atoms with Gasteiger partial charge in [-0.15, -0.1) is 58.9 Å². The van der Waals surface area contributed by atoms with Crippen molar-refractivity contribution in [1.82, 2.24) is 19.5 Å². The summed E-state index contributed by atoms with van der Waals surface area (Å²) in [7, 11) is -1.81. The zero-order chi connectivity index (χ0) is 52.9. The van der Waals surface area contributed by atoms with Gasteiger partial charge in [0, 0.05) is 81.2 Å². The van der Waals surface area contributed by atoms with Crippen molar-refractivity contribution in [2.75, 3.05) is 0 Å². The number of nitrogens with zero attached hydrogens (tertiary/aromatic N) is 4. The molecule has 0 fully saturated rings. The number of halogens is 1. The van der Waals surface area contributed by atoms with Crippen molar-refractivity contribution in [2.24, 2.45) is 5.41 Å². The maximum absolute atomic E-state index is 15.8. The second-order valence-corrected chi connectivity index (χ2v) is 27.1. The van der Waals surface area contributed by atoms with E-state index in [9.17, 15) is 0 Å². The van der Waals surface area contributed by atoms with Crippen molar-refractivity contribution >= 4 is 98.2 Å². The molecule has 0 saturated carbocycles. The maximum Gasteiger partial charge on any atom is 0.114 e. The second-order valence-electron chi connectivity index (χ2n) is 20.0. The molecular formula is C62H53FIrN4S2Si-2. The zero-order valence-electron chi connectivity index (χ0n) is 45.7. The van der Waals surface area contributed by atoms with Gasteiger partial charge in [-0.2, -0.15) is 11.3 Å². The van der Waals surface area contributed by atoms with Gasteiger partial charge < -0.3 is 9.55 Å². The second kappa shape index (κ2) is 18.8. The van der Waals surface area contributed by atoms with E-state index in [2.05, 4.69) is 122 Å². The first kappa shape index (κ1) is 42.5. The van der Waals surface area contributed by atoms with Gasteiger partial charge in [0.1, 0.15) is 4.83 Å². The minimum Gasteiger partial charge on any atom is -0.332 e. The minimum atomic E-state index is -2.17. The molecule has 71 heavy (non-hydrogen) atoms. The number of hydrogen-bond donors (Lipinski definition) is 0. The fraction of sp³-hybridized carbons (Fsp3) is 0.177. The van der Waals surface area contributed by atoms with Crippen LogP contribution in [0.2, 0.25) is 19.6 Å². The first-order chi connectivity index (χ1) is 35.6. The molecule has 0 aliphatic carbocycles. The number of imidazole rings is 1. The van der Waals surface area contributed by atoms with Crippen LogP contribution in [0.5, 0.6) is 0 Å². The van der Waals surface area contributed by atoms with E-state index in [1.54, 1.807) is 18.3 Å². The number of thiophene rings is 2. The van der Waals surface area contributed by atoms with Gasteiger partial charge in [-0.3, -0.25) is 9.37 Å². The molecule has 0 N–H and O–H groups in total. The molecule has 5 heterocycles. The summed E-state index contributed by atoms with van der Waals surface area (Å²) < 4.78 is 61.5. The molecule has 7 aromatic carbocycles. The molecule has 12 aromatic rings. The predicted molar refractivity (Wildman–Crippen MR) is 301 cm³/mol. The summed E-state index contributed by atoms with van der Waals surface area (Å²) in [4.78, 5) is 15.7. The Morgan fingerprint density at radius 1 is 0.746 bits per heavy atom. The van der Waals surface area contributed by atoms with Crippen LogP contribution in [0.4, 0.5) is 4.39 Å². The Morgan fingerprint density at radius 2 is 1.51 bits per heavy atom. The normalized spacial score (nSPS) is 13.5. The van der Waals surface area contributed by atoms with Gasteiger partial charge in [-0.05, 0) is 87.4 Å². The van der Waals surface area contributed by atoms with Crippen LogP contribution in [-0.2, 0) is 26.5 Å². The van der Waals surface area contributed by atoms with Crippen molar-refractivity contribution in [1.29, 1.82) is 0 Å². The summed E-state index contributed by atoms with van der Waals surface area (Å²) >= 11 is 3.33. The Hall–Kier alpha value is -6.19. The molecule has 4 nitrogen and oxygen atoms in total. The first-order valence-corrected chi connectivity index (χ1v) is 28.6. The molecule has 0 aliphatic heterocycles. The summed E-state index contributed by atoms with van der Waals surface area (Å²) in [5, 5.41) is 7.17. The average molecular weight is 1160 g/mol. The molecule has 0 bridgehead atoms. The molecule has 9 heteroatoms. The van der Waals surface area contributed by atoms with Crippen molar-refractivity contribution in [2.45, 2.75) is 67.5 Å². The van der Waals surface area contributed by atoms with Gasteiger partial charge in [0.05, 0.1) is 30.6 Å². The van der Waals surface area contributed by atoms with Crippen molar-refractivity contribution in [3.8, 4) is 39.6 Å². The number of aromatic nitrogens is 4. The van der Waals surface area contributed by atoms with Crippen LogP contribution in [-0.4, -0.2) is 27.6 Å². The zero-order valence-corrected chi connectivity index (χ0v) is 45.7. The third-order valence-corrected chi connectivity index (χ3v) is 17.2. The van der Waals surface area contributed by atoms with Crippen molar-refractivity contribution in [3.63, 3.8) is 0 Å². The SMILES string of the molecule is Cc1cc2c(sc3ccccc32)c(C)c1-n1c(-c2[c-]cc(F)c3c2sc2nc(-c4ccccc4)ccc23)nc2ccc3ccccc3c21.[2H]C([2H])([2H])c1c[c-]c(-c2cc(C([2H])([2H])C(C)(C)C)c([Si](C)(C)C)cn2)cc1.[Ir]. The van der Waals surface area contributed by atoms with Gasteiger partial charge in [0.15, 0.2) is 0 Å². The van der Waals surface area contributed by atoms with Gasteiger partial charge in [0.25, 0.3) is 0 Å². The van der Waals surface area contributed by atoms with Crippen LogP contribution in [0.1, 0.15) is 49.9 Å². The molecule has 0 spiro atoms. The van der Waals surface area contributed by atoms with Gasteiger partial charge in [0.2, 0.25) is 0 Å². The molecule has 0 amide bonds. The van der Waals surface area contributed by atoms with Crippen LogP contribution < -0.4 is 5.19 Å². The van der Waals surface area contributed by atoms with E-state index in [1.807, 2.05) is 80.6 Å². The Labute approximate surface area is 444 Å². The number of rotatable bonds is 6. The van der Waals surface area contributed by atoms with Crippen LogP contribution in [0.25, 0.3) is 102 Å². The van der Waals surface area contributed by atoms with Crippen molar-refractivity contribution < 1.29 is 31.3 Å². The molecule has 5 aromatic heterocycles. The Balaban J connectivity index is 0.000000201. The summed E-state index contributed by atoms with van der Waals surface area (Å²) in [6.45, 7) is 14.5. The summed E-state index contributed by atoms with van der Waals surface area (Å²) in [5.74, 6) is 0.439. The Kier molecular flexibility index (Phi) is 11.2. The Morgan fingerprint density at radius 3 is 2.25 bits per heavy atom. The number of pyridine rings is 2. The van der Waals surface area contributed by atoms with E-state index >= 15 is 4.39 Å². The van der Waals surface area contributed by atoms with E-state index in [4.69, 9.17) is 16.8 Å². The molecule has 355 valence electrons. The quantitative estimate of drug-likeness (QED) is 0.123. The standard InChI is InChI=1S/C42H25FN3S2.C20H28NSi.Ir/c1-23-22-31-28-14-8-9-15-35(28)47-39(31)24(2)37(23)46-38-27-13-7-6-10-25(27)16-20-34(38)44-41(46)30-17-19-32(43)36-29-18-21-33(26-11-4-3-5-12-26)45-42(29)48-40(30)36;1-15-8-10-16(11-9-15)18-12-17(13-20(2,3)4)19(14-21-18)22(5,6)7;/h3-16,18-22H,1-2H3;8-10,12,14H,13H2,1-7H3;/q2*-1;/i;1D3,13D2;. The fourth-order valence-corrected chi connectivity index (χ4v) is 13.4. The molecule has 1 radical (unpaired) electrons. The molecule has 12 rings (SSSR count). The van der Waals surface area contributed by atoms with E-state index in [0.29, 0.717) is 22.2 Å². The summed E-state index contributed by atoms with van der Waals surface area (Å²) in [5.41, 5.74) is 9.63. The Bertz CT molecular complexity index is 4210.